The number of fused-ring (bicyclic) bond motifs is 1. The molecule has 3 aromatic rings. The third-order valence-corrected chi connectivity index (χ3v) is 3.37. The van der Waals surface area contributed by atoms with Gasteiger partial charge in [0.25, 0.3) is 0 Å². The van der Waals surface area contributed by atoms with Gasteiger partial charge in [-0.15, -0.1) is 0 Å². The van der Waals surface area contributed by atoms with Crippen molar-refractivity contribution in [3.63, 3.8) is 0 Å². The molecule has 0 fully saturated rings. The normalized spacial score (nSPS) is 10.7. The summed E-state index contributed by atoms with van der Waals surface area (Å²) in [6.07, 6.45) is 5.60. The molecule has 2 heterocycles. The maximum atomic E-state index is 4.56. The van der Waals surface area contributed by atoms with Crippen LogP contribution in [0.1, 0.15) is 6.92 Å². The summed E-state index contributed by atoms with van der Waals surface area (Å²) >= 11 is 3.43. The number of halogens is 1. The van der Waals surface area contributed by atoms with E-state index in [1.165, 1.54) is 0 Å². The molecule has 6 heteroatoms. The topological polar surface area (TPSA) is 54.2 Å². The van der Waals surface area contributed by atoms with Crippen LogP contribution < -0.4 is 10.6 Å². The van der Waals surface area contributed by atoms with Crippen molar-refractivity contribution >= 4 is 38.9 Å². The van der Waals surface area contributed by atoms with Gasteiger partial charge in [-0.1, -0.05) is 15.9 Å². The van der Waals surface area contributed by atoms with Gasteiger partial charge in [0.15, 0.2) is 11.5 Å². The van der Waals surface area contributed by atoms with Crippen LogP contribution in [-0.4, -0.2) is 20.9 Å². The van der Waals surface area contributed by atoms with Crippen LogP contribution in [0.3, 0.4) is 0 Å². The quantitative estimate of drug-likeness (QED) is 0.765. The molecule has 2 N–H and O–H groups in total. The highest BCUT2D eigenvalue weighted by molar-refractivity contribution is 9.10. The number of nitrogens with one attached hydrogen (secondary N) is 2. The monoisotopic (exact) mass is 331 g/mol. The summed E-state index contributed by atoms with van der Waals surface area (Å²) < 4.78 is 3.00. The van der Waals surface area contributed by atoms with Crippen LogP contribution in [0.2, 0.25) is 0 Å². The van der Waals surface area contributed by atoms with Crippen molar-refractivity contribution in [1.82, 2.24) is 14.4 Å². The molecule has 0 saturated heterocycles. The zero-order valence-corrected chi connectivity index (χ0v) is 12.6. The minimum atomic E-state index is 0.732. The third-order valence-electron chi connectivity index (χ3n) is 2.84. The highest BCUT2D eigenvalue weighted by Gasteiger charge is 2.07. The van der Waals surface area contributed by atoms with Gasteiger partial charge in [0.1, 0.15) is 5.82 Å². The minimum absolute atomic E-state index is 0.732. The van der Waals surface area contributed by atoms with E-state index >= 15 is 0 Å². The van der Waals surface area contributed by atoms with Crippen LogP contribution in [-0.2, 0) is 0 Å². The van der Waals surface area contributed by atoms with Crippen LogP contribution in [0.25, 0.3) is 5.65 Å². The van der Waals surface area contributed by atoms with Crippen LogP contribution >= 0.6 is 15.9 Å². The number of anilines is 3. The fourth-order valence-electron chi connectivity index (χ4n) is 1.95. The van der Waals surface area contributed by atoms with Crippen LogP contribution in [0.4, 0.5) is 17.3 Å². The van der Waals surface area contributed by atoms with Gasteiger partial charge in [-0.25, -0.2) is 9.97 Å². The van der Waals surface area contributed by atoms with Crippen molar-refractivity contribution in [3.05, 3.63) is 47.3 Å². The summed E-state index contributed by atoms with van der Waals surface area (Å²) in [5.74, 6) is 1.55. The zero-order chi connectivity index (χ0) is 13.9. The Hall–Kier alpha value is -2.08. The van der Waals surface area contributed by atoms with Crippen molar-refractivity contribution in [2.45, 2.75) is 6.92 Å². The number of nitrogens with zero attached hydrogens (tertiary/aromatic N) is 3. The maximum Gasteiger partial charge on any atom is 0.180 e. The van der Waals surface area contributed by atoms with Gasteiger partial charge in [0, 0.05) is 29.1 Å². The molecule has 2 aromatic heterocycles. The predicted octanol–water partition coefficient (Wildman–Crippen LogP) is 3.67. The number of rotatable bonds is 4. The third kappa shape index (κ3) is 2.60. The molecule has 0 spiro atoms. The van der Waals surface area contributed by atoms with E-state index in [1.807, 2.05) is 48.0 Å². The highest BCUT2D eigenvalue weighted by atomic mass is 79.9. The Morgan fingerprint density at radius 3 is 2.80 bits per heavy atom. The molecule has 0 atom stereocenters. The molecule has 0 aliphatic rings. The summed E-state index contributed by atoms with van der Waals surface area (Å²) in [5.41, 5.74) is 1.77. The lowest BCUT2D eigenvalue weighted by atomic mass is 10.3. The zero-order valence-electron chi connectivity index (χ0n) is 11.0. The van der Waals surface area contributed by atoms with Gasteiger partial charge < -0.3 is 15.0 Å². The SMILES string of the molecule is CCNc1cn2ccnc2c(Nc2ccc(Br)cc2)n1. The number of hydrogen-bond acceptors (Lipinski definition) is 4. The van der Waals surface area contributed by atoms with E-state index in [0.717, 1.165) is 34.0 Å². The number of imidazole rings is 1. The van der Waals surface area contributed by atoms with Crippen molar-refractivity contribution in [2.75, 3.05) is 17.2 Å². The molecule has 3 rings (SSSR count). The molecule has 0 aliphatic carbocycles. The molecule has 5 nitrogen and oxygen atoms in total. The molecule has 0 unspecified atom stereocenters. The van der Waals surface area contributed by atoms with Crippen LogP contribution in [0.5, 0.6) is 0 Å². The van der Waals surface area contributed by atoms with E-state index in [1.54, 1.807) is 6.20 Å². The van der Waals surface area contributed by atoms with Crippen LogP contribution in [0.15, 0.2) is 47.3 Å². The van der Waals surface area contributed by atoms with Gasteiger partial charge in [-0.3, -0.25) is 0 Å². The second kappa shape index (κ2) is 5.50. The van der Waals surface area contributed by atoms with Crippen LogP contribution in [0, 0.1) is 0 Å². The summed E-state index contributed by atoms with van der Waals surface area (Å²) in [4.78, 5) is 8.90. The predicted molar refractivity (Wildman–Crippen MR) is 84.6 cm³/mol. The lowest BCUT2D eigenvalue weighted by Crippen LogP contribution is -2.05. The molecule has 0 radical (unpaired) electrons. The second-order valence-electron chi connectivity index (χ2n) is 4.30. The highest BCUT2D eigenvalue weighted by Crippen LogP contribution is 2.22. The first-order chi connectivity index (χ1) is 9.76. The Bertz CT molecular complexity index is 720. The molecule has 1 aromatic carbocycles. The summed E-state index contributed by atoms with van der Waals surface area (Å²) in [7, 11) is 0. The molecule has 0 saturated carbocycles. The van der Waals surface area contributed by atoms with E-state index < -0.39 is 0 Å². The number of aromatic nitrogens is 3. The first kappa shape index (κ1) is 12.9. The minimum Gasteiger partial charge on any atom is -0.369 e. The number of hydrogen-bond donors (Lipinski definition) is 2. The Morgan fingerprint density at radius 1 is 1.25 bits per heavy atom. The van der Waals surface area contributed by atoms with Crippen molar-refractivity contribution < 1.29 is 0 Å². The standard InChI is InChI=1S/C14H14BrN5/c1-2-16-12-9-20-8-7-17-14(20)13(19-12)18-11-5-3-10(15)4-6-11/h3-9,16H,2H2,1H3,(H,18,19). The fourth-order valence-corrected chi connectivity index (χ4v) is 2.22. The Kier molecular flexibility index (Phi) is 3.56. The maximum absolute atomic E-state index is 4.56. The summed E-state index contributed by atoms with van der Waals surface area (Å²) in [6.45, 7) is 2.87. The van der Waals surface area contributed by atoms with Gasteiger partial charge in [-0.05, 0) is 31.2 Å². The van der Waals surface area contributed by atoms with Crippen molar-refractivity contribution in [1.29, 1.82) is 0 Å². The summed E-state index contributed by atoms with van der Waals surface area (Å²) in [5, 5.41) is 6.52. The van der Waals surface area contributed by atoms with E-state index in [-0.39, 0.29) is 0 Å². The van der Waals surface area contributed by atoms with E-state index in [4.69, 9.17) is 0 Å². The van der Waals surface area contributed by atoms with E-state index in [2.05, 4.69) is 36.5 Å². The van der Waals surface area contributed by atoms with Crippen molar-refractivity contribution in [2.24, 2.45) is 0 Å². The van der Waals surface area contributed by atoms with Gasteiger partial charge in [0.05, 0.1) is 6.20 Å². The Morgan fingerprint density at radius 2 is 2.05 bits per heavy atom. The molecular formula is C14H14BrN5. The van der Waals surface area contributed by atoms with Gasteiger partial charge in [-0.2, -0.15) is 0 Å². The van der Waals surface area contributed by atoms with Gasteiger partial charge >= 0.3 is 0 Å². The molecule has 102 valence electrons. The lowest BCUT2D eigenvalue weighted by Gasteiger charge is -2.10. The molecular weight excluding hydrogens is 318 g/mol. The first-order valence-electron chi connectivity index (χ1n) is 6.36. The smallest absolute Gasteiger partial charge is 0.180 e. The number of benzene rings is 1. The first-order valence-corrected chi connectivity index (χ1v) is 7.16. The fraction of sp³-hybridized carbons (Fsp3) is 0.143. The molecule has 0 amide bonds. The Balaban J connectivity index is 2.00. The van der Waals surface area contributed by atoms with Crippen molar-refractivity contribution in [3.8, 4) is 0 Å². The molecule has 0 bridgehead atoms. The van der Waals surface area contributed by atoms with Gasteiger partial charge in [0.2, 0.25) is 0 Å². The molecule has 0 aliphatic heterocycles. The average molecular weight is 332 g/mol. The van der Waals surface area contributed by atoms with E-state index in [9.17, 15) is 0 Å². The Labute approximate surface area is 125 Å². The van der Waals surface area contributed by atoms with E-state index in [0.29, 0.717) is 0 Å². The largest absolute Gasteiger partial charge is 0.369 e. The second-order valence-corrected chi connectivity index (χ2v) is 5.21. The average Bonchev–Trinajstić information content (AvgIpc) is 2.90. The summed E-state index contributed by atoms with van der Waals surface area (Å²) in [6, 6.07) is 7.95. The molecule has 20 heavy (non-hydrogen) atoms. The lowest BCUT2D eigenvalue weighted by molar-refractivity contribution is 1.09.